The topological polar surface area (TPSA) is 69.9 Å². The van der Waals surface area contributed by atoms with Crippen molar-refractivity contribution in [1.29, 1.82) is 0 Å². The van der Waals surface area contributed by atoms with Crippen molar-refractivity contribution in [2.75, 3.05) is 13.2 Å². The van der Waals surface area contributed by atoms with Crippen molar-refractivity contribution in [3.63, 3.8) is 0 Å². The Morgan fingerprint density at radius 3 is 2.81 bits per heavy atom. The van der Waals surface area contributed by atoms with Gasteiger partial charge in [0.1, 0.15) is 0 Å². The van der Waals surface area contributed by atoms with E-state index in [-0.39, 0.29) is 17.4 Å². The maximum Gasteiger partial charge on any atom is 0.157 e. The van der Waals surface area contributed by atoms with E-state index in [0.29, 0.717) is 19.6 Å². The first-order chi connectivity index (χ1) is 7.60. The quantitative estimate of drug-likeness (QED) is 0.570. The zero-order valence-corrected chi connectivity index (χ0v) is 8.81. The van der Waals surface area contributed by atoms with Gasteiger partial charge in [0.05, 0.1) is 12.2 Å². The number of rotatable bonds is 0. The van der Waals surface area contributed by atoms with Gasteiger partial charge in [-0.3, -0.25) is 0 Å². The summed E-state index contributed by atoms with van der Waals surface area (Å²) in [5.41, 5.74) is 0.996. The SMILES string of the molecule is Oc1cc2c(cc1O)C1CCOCC1(O)C2. The Balaban J connectivity index is 2.10. The first-order valence-electron chi connectivity index (χ1n) is 5.45. The van der Waals surface area contributed by atoms with E-state index in [9.17, 15) is 15.3 Å². The van der Waals surface area contributed by atoms with Crippen LogP contribution in [0.4, 0.5) is 0 Å². The second-order valence-electron chi connectivity index (χ2n) is 4.71. The highest BCUT2D eigenvalue weighted by Gasteiger charge is 2.47. The summed E-state index contributed by atoms with van der Waals surface area (Å²) in [4.78, 5) is 0. The van der Waals surface area contributed by atoms with E-state index in [1.54, 1.807) is 12.1 Å². The van der Waals surface area contributed by atoms with E-state index < -0.39 is 5.60 Å². The minimum absolute atomic E-state index is 0.0164. The van der Waals surface area contributed by atoms with Gasteiger partial charge in [-0.15, -0.1) is 0 Å². The molecular weight excluding hydrogens is 208 g/mol. The van der Waals surface area contributed by atoms with Crippen LogP contribution < -0.4 is 0 Å². The van der Waals surface area contributed by atoms with Crippen LogP contribution in [0.1, 0.15) is 23.5 Å². The molecule has 0 bridgehead atoms. The normalized spacial score (nSPS) is 32.2. The lowest BCUT2D eigenvalue weighted by Crippen LogP contribution is -2.43. The summed E-state index contributed by atoms with van der Waals surface area (Å²) in [6.45, 7) is 0.960. The molecule has 86 valence electrons. The van der Waals surface area contributed by atoms with Crippen LogP contribution in [0.2, 0.25) is 0 Å². The molecule has 3 rings (SSSR count). The minimum atomic E-state index is -0.860. The van der Waals surface area contributed by atoms with Crippen LogP contribution in [0.15, 0.2) is 12.1 Å². The van der Waals surface area contributed by atoms with Gasteiger partial charge in [-0.25, -0.2) is 0 Å². The summed E-state index contributed by atoms with van der Waals surface area (Å²) >= 11 is 0. The third-order valence-corrected chi connectivity index (χ3v) is 3.66. The third kappa shape index (κ3) is 1.23. The molecule has 2 atom stereocenters. The summed E-state index contributed by atoms with van der Waals surface area (Å²) in [7, 11) is 0. The fourth-order valence-corrected chi connectivity index (χ4v) is 2.88. The smallest absolute Gasteiger partial charge is 0.157 e. The van der Waals surface area contributed by atoms with E-state index in [1.807, 2.05) is 0 Å². The van der Waals surface area contributed by atoms with Gasteiger partial charge in [0.15, 0.2) is 11.5 Å². The Morgan fingerprint density at radius 2 is 2.00 bits per heavy atom. The molecule has 0 spiro atoms. The predicted octanol–water partition coefficient (Wildman–Crippen LogP) is 0.889. The zero-order chi connectivity index (χ0) is 11.3. The van der Waals surface area contributed by atoms with Crippen molar-refractivity contribution < 1.29 is 20.1 Å². The van der Waals surface area contributed by atoms with Crippen molar-refractivity contribution in [2.24, 2.45) is 0 Å². The van der Waals surface area contributed by atoms with Crippen LogP contribution in [0.3, 0.4) is 0 Å². The lowest BCUT2D eigenvalue weighted by molar-refractivity contribution is -0.0923. The van der Waals surface area contributed by atoms with Crippen LogP contribution in [-0.2, 0) is 11.2 Å². The highest BCUT2D eigenvalue weighted by atomic mass is 16.5. The fourth-order valence-electron chi connectivity index (χ4n) is 2.88. The van der Waals surface area contributed by atoms with Crippen molar-refractivity contribution in [3.8, 4) is 11.5 Å². The maximum absolute atomic E-state index is 10.4. The minimum Gasteiger partial charge on any atom is -0.504 e. The van der Waals surface area contributed by atoms with Crippen LogP contribution in [0.5, 0.6) is 11.5 Å². The number of phenolic OH excluding ortho intramolecular Hbond substituents is 2. The molecular formula is C12H14O4. The summed E-state index contributed by atoms with van der Waals surface area (Å²) in [5, 5.41) is 29.4. The molecule has 1 saturated heterocycles. The summed E-state index contributed by atoms with van der Waals surface area (Å²) in [5.74, 6) is -0.223. The molecule has 1 aliphatic carbocycles. The third-order valence-electron chi connectivity index (χ3n) is 3.66. The molecule has 4 nitrogen and oxygen atoms in total. The number of ether oxygens (including phenoxy) is 1. The number of aromatic hydroxyl groups is 2. The Kier molecular flexibility index (Phi) is 1.94. The molecule has 2 unspecified atom stereocenters. The number of hydrogen-bond donors (Lipinski definition) is 3. The molecule has 4 heteroatoms. The van der Waals surface area contributed by atoms with E-state index >= 15 is 0 Å². The first-order valence-corrected chi connectivity index (χ1v) is 5.45. The van der Waals surface area contributed by atoms with Crippen LogP contribution in [0.25, 0.3) is 0 Å². The van der Waals surface area contributed by atoms with Crippen molar-refractivity contribution >= 4 is 0 Å². The Morgan fingerprint density at radius 1 is 1.25 bits per heavy atom. The first kappa shape index (κ1) is 9.93. The Hall–Kier alpha value is -1.26. The number of aliphatic hydroxyl groups is 1. The highest BCUT2D eigenvalue weighted by Crippen LogP contribution is 2.48. The lowest BCUT2D eigenvalue weighted by Gasteiger charge is -2.34. The molecule has 2 aliphatic rings. The van der Waals surface area contributed by atoms with Crippen molar-refractivity contribution in [2.45, 2.75) is 24.4 Å². The number of phenols is 2. The summed E-state index contributed by atoms with van der Waals surface area (Å²) in [6, 6.07) is 3.11. The molecule has 1 aromatic rings. The van der Waals surface area contributed by atoms with Gasteiger partial charge >= 0.3 is 0 Å². The average molecular weight is 222 g/mol. The maximum atomic E-state index is 10.4. The molecule has 0 amide bonds. The van der Waals surface area contributed by atoms with E-state index in [4.69, 9.17) is 4.74 Å². The standard InChI is InChI=1S/C12H14O4/c13-10-3-7-5-12(15)6-16-2-1-9(12)8(7)4-11(10)14/h3-4,9,13-15H,1-2,5-6H2. The molecule has 1 fully saturated rings. The molecule has 0 aromatic heterocycles. The molecule has 0 radical (unpaired) electrons. The molecule has 3 N–H and O–H groups in total. The largest absolute Gasteiger partial charge is 0.504 e. The molecule has 0 saturated carbocycles. The molecule has 1 aliphatic heterocycles. The van der Waals surface area contributed by atoms with E-state index in [1.165, 1.54) is 0 Å². The van der Waals surface area contributed by atoms with E-state index in [2.05, 4.69) is 0 Å². The number of benzene rings is 1. The fraction of sp³-hybridized carbons (Fsp3) is 0.500. The van der Waals surface area contributed by atoms with Crippen molar-refractivity contribution in [3.05, 3.63) is 23.3 Å². The van der Waals surface area contributed by atoms with Gasteiger partial charge in [-0.2, -0.15) is 0 Å². The van der Waals surface area contributed by atoms with Gasteiger partial charge in [0.25, 0.3) is 0 Å². The second-order valence-corrected chi connectivity index (χ2v) is 4.71. The Bertz CT molecular complexity index is 443. The van der Waals surface area contributed by atoms with Crippen LogP contribution >= 0.6 is 0 Å². The van der Waals surface area contributed by atoms with Gasteiger partial charge in [-0.1, -0.05) is 0 Å². The molecule has 16 heavy (non-hydrogen) atoms. The Labute approximate surface area is 93.1 Å². The van der Waals surface area contributed by atoms with Gasteiger partial charge < -0.3 is 20.1 Å². The average Bonchev–Trinajstić information content (AvgIpc) is 2.51. The molecule has 1 aromatic carbocycles. The van der Waals surface area contributed by atoms with Gasteiger partial charge in [-0.05, 0) is 29.7 Å². The predicted molar refractivity (Wildman–Crippen MR) is 56.6 cm³/mol. The van der Waals surface area contributed by atoms with Crippen LogP contribution in [-0.4, -0.2) is 34.1 Å². The van der Waals surface area contributed by atoms with Crippen LogP contribution in [0, 0.1) is 0 Å². The summed E-state index contributed by atoms with van der Waals surface area (Å²) in [6.07, 6.45) is 1.24. The number of hydrogen-bond acceptors (Lipinski definition) is 4. The van der Waals surface area contributed by atoms with Crippen molar-refractivity contribution in [1.82, 2.24) is 0 Å². The zero-order valence-electron chi connectivity index (χ0n) is 8.81. The lowest BCUT2D eigenvalue weighted by atomic mass is 9.84. The monoisotopic (exact) mass is 222 g/mol. The highest BCUT2D eigenvalue weighted by molar-refractivity contribution is 5.51. The van der Waals surface area contributed by atoms with Gasteiger partial charge in [0.2, 0.25) is 0 Å². The van der Waals surface area contributed by atoms with E-state index in [0.717, 1.165) is 17.5 Å². The summed E-state index contributed by atoms with van der Waals surface area (Å²) < 4.78 is 5.30. The molecule has 1 heterocycles. The van der Waals surface area contributed by atoms with Gasteiger partial charge in [0, 0.05) is 18.9 Å². The number of fused-ring (bicyclic) bond motifs is 3. The second kappa shape index (κ2) is 3.12.